The maximum Gasteiger partial charge on any atom is 0.402 e. The highest BCUT2D eigenvalue weighted by Crippen LogP contribution is 2.59. The van der Waals surface area contributed by atoms with Crippen LogP contribution < -0.4 is 0 Å². The summed E-state index contributed by atoms with van der Waals surface area (Å²) in [6.45, 7) is 16.4. The van der Waals surface area contributed by atoms with Gasteiger partial charge in [-0.15, -0.1) is 0 Å². The Morgan fingerprint density at radius 3 is 1.55 bits per heavy atom. The van der Waals surface area contributed by atoms with Gasteiger partial charge >= 0.3 is 9.28 Å². The van der Waals surface area contributed by atoms with E-state index in [0.29, 0.717) is 30.7 Å². The first kappa shape index (κ1) is 27.1. The van der Waals surface area contributed by atoms with E-state index in [9.17, 15) is 4.79 Å². The van der Waals surface area contributed by atoms with Gasteiger partial charge in [0.25, 0.3) is 14.3 Å². The molecule has 0 aromatic rings. The third-order valence-corrected chi connectivity index (χ3v) is 17.0. The first-order chi connectivity index (χ1) is 14.7. The van der Waals surface area contributed by atoms with Crippen molar-refractivity contribution in [2.45, 2.75) is 140 Å². The Hall–Kier alpha value is -0.176. The Kier molecular flexibility index (Phi) is 10.3. The van der Waals surface area contributed by atoms with E-state index < -0.39 is 22.6 Å². The summed E-state index contributed by atoms with van der Waals surface area (Å²) in [5, 5.41) is -0.644. The summed E-state index contributed by atoms with van der Waals surface area (Å²) in [5.41, 5.74) is 1.17. The fourth-order valence-corrected chi connectivity index (χ4v) is 14.9. The maximum atomic E-state index is 14.1. The fourth-order valence-electron chi connectivity index (χ4n) is 6.20. The van der Waals surface area contributed by atoms with Gasteiger partial charge in [-0.05, 0) is 69.0 Å². The third kappa shape index (κ3) is 5.85. The van der Waals surface area contributed by atoms with E-state index in [1.54, 1.807) is 0 Å². The highest BCUT2D eigenvalue weighted by Gasteiger charge is 2.61. The van der Waals surface area contributed by atoms with Gasteiger partial charge in [0, 0.05) is 13.2 Å². The van der Waals surface area contributed by atoms with E-state index in [-0.39, 0.29) is 11.0 Å². The van der Waals surface area contributed by atoms with Crippen LogP contribution >= 0.6 is 0 Å². The van der Waals surface area contributed by atoms with Crippen molar-refractivity contribution in [3.8, 4) is 0 Å². The number of hydrogen-bond donors (Lipinski definition) is 0. The van der Waals surface area contributed by atoms with Crippen molar-refractivity contribution in [2.24, 2.45) is 0 Å². The van der Waals surface area contributed by atoms with E-state index in [1.165, 1.54) is 64.2 Å². The number of carbonyl (C=O) groups is 1. The summed E-state index contributed by atoms with van der Waals surface area (Å²) < 4.78 is 19.2. The van der Waals surface area contributed by atoms with E-state index in [0.717, 1.165) is 0 Å². The van der Waals surface area contributed by atoms with Gasteiger partial charge in [-0.3, -0.25) is 4.79 Å². The molecule has 181 valence electrons. The fraction of sp³-hybridized carbons (Fsp3) is 0.960. The molecule has 0 N–H and O–H groups in total. The molecule has 0 spiro atoms. The SMILES string of the molecule is CCO[Si](OCC)C(C)(CC)C(=O)O[Si](C1CCCCC1)(C1CCCCC1)C(C)(C)C. The van der Waals surface area contributed by atoms with Crippen LogP contribution in [0, 0.1) is 0 Å². The van der Waals surface area contributed by atoms with Crippen molar-refractivity contribution >= 4 is 23.6 Å². The number of hydrogen-bond acceptors (Lipinski definition) is 4. The van der Waals surface area contributed by atoms with Gasteiger partial charge in [0.15, 0.2) is 0 Å². The first-order valence-corrected chi connectivity index (χ1v) is 16.4. The molecule has 31 heavy (non-hydrogen) atoms. The van der Waals surface area contributed by atoms with Gasteiger partial charge in [0.2, 0.25) is 0 Å². The minimum Gasteiger partial charge on any atom is -0.518 e. The Labute approximate surface area is 195 Å². The smallest absolute Gasteiger partial charge is 0.402 e. The topological polar surface area (TPSA) is 44.8 Å². The van der Waals surface area contributed by atoms with Crippen LogP contribution in [0.5, 0.6) is 0 Å². The minimum absolute atomic E-state index is 0.0245. The minimum atomic E-state index is -2.42. The zero-order valence-electron chi connectivity index (χ0n) is 21.5. The molecule has 2 fully saturated rings. The zero-order valence-corrected chi connectivity index (χ0v) is 23.5. The summed E-state index contributed by atoms with van der Waals surface area (Å²) in [6.07, 6.45) is 13.5. The molecule has 0 heterocycles. The van der Waals surface area contributed by atoms with Crippen molar-refractivity contribution in [1.82, 2.24) is 0 Å². The maximum absolute atomic E-state index is 14.1. The van der Waals surface area contributed by atoms with Crippen molar-refractivity contribution in [2.75, 3.05) is 13.2 Å². The van der Waals surface area contributed by atoms with Gasteiger partial charge < -0.3 is 13.3 Å². The molecule has 0 aromatic heterocycles. The molecule has 2 aliphatic carbocycles. The largest absolute Gasteiger partial charge is 0.518 e. The normalized spacial score (nSPS) is 21.8. The average Bonchev–Trinajstić information content (AvgIpc) is 2.77. The highest BCUT2D eigenvalue weighted by atomic mass is 28.4. The third-order valence-electron chi connectivity index (χ3n) is 8.02. The molecule has 6 heteroatoms. The Morgan fingerprint density at radius 1 is 0.806 bits per heavy atom. The van der Waals surface area contributed by atoms with Gasteiger partial charge in [0.1, 0.15) is 5.04 Å². The molecule has 4 nitrogen and oxygen atoms in total. The summed E-state index contributed by atoms with van der Waals surface area (Å²) >= 11 is 0. The van der Waals surface area contributed by atoms with Crippen LogP contribution in [-0.2, 0) is 18.1 Å². The van der Waals surface area contributed by atoms with E-state index in [4.69, 9.17) is 13.3 Å². The summed E-state index contributed by atoms with van der Waals surface area (Å²) in [5.74, 6) is -0.0245. The average molecular weight is 470 g/mol. The summed E-state index contributed by atoms with van der Waals surface area (Å²) in [4.78, 5) is 14.1. The monoisotopic (exact) mass is 469 g/mol. The molecular weight excluding hydrogens is 420 g/mol. The molecule has 1 unspecified atom stereocenters. The Bertz CT molecular complexity index is 526. The molecule has 2 saturated carbocycles. The number of rotatable bonds is 10. The predicted molar refractivity (Wildman–Crippen MR) is 133 cm³/mol. The van der Waals surface area contributed by atoms with Crippen LogP contribution in [0.1, 0.15) is 119 Å². The standard InChI is InChI=1S/C25H49O4Si2/c1-8-25(7,30(27-9-2)28-10-3)23(26)29-31(24(4,5)6,21-17-13-11-14-18-21)22-19-15-12-16-20-22/h21-22H,8-20H2,1-7H3. The van der Waals surface area contributed by atoms with E-state index in [1.807, 2.05) is 20.8 Å². The molecule has 0 saturated heterocycles. The summed E-state index contributed by atoms with van der Waals surface area (Å²) in [6, 6.07) is 0. The second-order valence-corrected chi connectivity index (χ2v) is 18.1. The predicted octanol–water partition coefficient (Wildman–Crippen LogP) is 7.68. The first-order valence-electron chi connectivity index (χ1n) is 13.0. The molecule has 2 aliphatic rings. The molecule has 1 atom stereocenters. The van der Waals surface area contributed by atoms with Crippen LogP contribution in [0.4, 0.5) is 0 Å². The van der Waals surface area contributed by atoms with Crippen LogP contribution in [-0.4, -0.2) is 36.8 Å². The molecule has 0 amide bonds. The molecular formula is C25H49O4Si2. The molecule has 0 aliphatic heterocycles. The van der Waals surface area contributed by atoms with E-state index >= 15 is 0 Å². The lowest BCUT2D eigenvalue weighted by Crippen LogP contribution is -2.59. The Morgan fingerprint density at radius 2 is 1.23 bits per heavy atom. The molecule has 0 aromatic carbocycles. The second kappa shape index (κ2) is 11.8. The van der Waals surface area contributed by atoms with Gasteiger partial charge in [-0.2, -0.15) is 0 Å². The lowest BCUT2D eigenvalue weighted by atomic mass is 9.99. The van der Waals surface area contributed by atoms with Crippen LogP contribution in [0.25, 0.3) is 0 Å². The Balaban J connectivity index is 2.48. The van der Waals surface area contributed by atoms with Gasteiger partial charge in [0.05, 0.1) is 0 Å². The number of carbonyl (C=O) groups excluding carboxylic acids is 1. The highest BCUT2D eigenvalue weighted by molar-refractivity contribution is 6.81. The van der Waals surface area contributed by atoms with Crippen molar-refractivity contribution in [3.63, 3.8) is 0 Å². The zero-order chi connectivity index (χ0) is 23.1. The lowest BCUT2D eigenvalue weighted by molar-refractivity contribution is -0.140. The van der Waals surface area contributed by atoms with Gasteiger partial charge in [-0.25, -0.2) is 0 Å². The van der Waals surface area contributed by atoms with Gasteiger partial charge in [-0.1, -0.05) is 66.2 Å². The van der Waals surface area contributed by atoms with Crippen LogP contribution in [0.15, 0.2) is 0 Å². The van der Waals surface area contributed by atoms with Crippen molar-refractivity contribution in [1.29, 1.82) is 0 Å². The second-order valence-electron chi connectivity index (χ2n) is 10.9. The lowest BCUT2D eigenvalue weighted by Gasteiger charge is -2.54. The van der Waals surface area contributed by atoms with Crippen LogP contribution in [0.2, 0.25) is 21.2 Å². The summed E-state index contributed by atoms with van der Waals surface area (Å²) in [7, 11) is -4.18. The molecule has 0 bridgehead atoms. The quantitative estimate of drug-likeness (QED) is 0.308. The van der Waals surface area contributed by atoms with E-state index in [2.05, 4.69) is 27.7 Å². The molecule has 1 radical (unpaired) electrons. The van der Waals surface area contributed by atoms with Crippen molar-refractivity contribution in [3.05, 3.63) is 0 Å². The van der Waals surface area contributed by atoms with Crippen molar-refractivity contribution < 1.29 is 18.1 Å². The molecule has 2 rings (SSSR count). The van der Waals surface area contributed by atoms with Crippen LogP contribution in [0.3, 0.4) is 0 Å².